The van der Waals surface area contributed by atoms with Crippen LogP contribution in [0.25, 0.3) is 11.0 Å². The number of ether oxygens (including phenoxy) is 1. The Bertz CT molecular complexity index is 2880. The Hall–Kier alpha value is -5.59. The molecule has 362 valence electrons. The van der Waals surface area contributed by atoms with Crippen LogP contribution in [-0.4, -0.2) is 93.1 Å². The van der Waals surface area contributed by atoms with Crippen molar-refractivity contribution in [3.8, 4) is 11.5 Å². The van der Waals surface area contributed by atoms with Gasteiger partial charge in [0.25, 0.3) is 15.9 Å². The molecule has 5 aromatic rings. The summed E-state index contributed by atoms with van der Waals surface area (Å²) in [7, 11) is -6.84. The second-order valence-electron chi connectivity index (χ2n) is 19.1. The van der Waals surface area contributed by atoms with Crippen LogP contribution in [0, 0.1) is 21.4 Å². The molecule has 2 saturated carbocycles. The minimum atomic E-state index is -4.64. The summed E-state index contributed by atoms with van der Waals surface area (Å²) in [5.41, 5.74) is 4.19. The van der Waals surface area contributed by atoms with E-state index in [1.807, 2.05) is 26.0 Å². The number of H-pyrrole nitrogens is 1. The van der Waals surface area contributed by atoms with Crippen molar-refractivity contribution in [2.75, 3.05) is 47.9 Å². The fourth-order valence-corrected chi connectivity index (χ4v) is 13.4. The molecule has 0 unspecified atom stereocenters. The molecule has 3 aromatic heterocycles. The number of hydrogen-bond acceptors (Lipinski definition) is 13. The largest absolute Gasteiger partial charge is 0.455 e. The average Bonchev–Trinajstić information content (AvgIpc) is 4.03. The molecule has 1 amide bonds. The predicted molar refractivity (Wildman–Crippen MR) is 265 cm³/mol. The Balaban J connectivity index is 0.874. The number of aromatic nitrogens is 3. The number of aryl methyl sites for hydroxylation is 1. The molecule has 2 saturated heterocycles. The summed E-state index contributed by atoms with van der Waals surface area (Å²) < 4.78 is 53.6. The number of benzene rings is 2. The van der Waals surface area contributed by atoms with E-state index >= 15 is 0 Å². The molecule has 2 aliphatic carbocycles. The molecule has 68 heavy (non-hydrogen) atoms. The van der Waals surface area contributed by atoms with Crippen LogP contribution in [0.5, 0.6) is 11.5 Å². The summed E-state index contributed by atoms with van der Waals surface area (Å²) in [6.45, 7) is 9.24. The molecule has 5 heterocycles. The maximum atomic E-state index is 14.0. The van der Waals surface area contributed by atoms with Gasteiger partial charge in [0, 0.05) is 82.4 Å². The summed E-state index contributed by atoms with van der Waals surface area (Å²) in [4.78, 5) is 41.8. The third kappa shape index (κ3) is 10.1. The number of piperidine rings is 1. The van der Waals surface area contributed by atoms with Crippen molar-refractivity contribution in [2.24, 2.45) is 15.7 Å². The number of amides is 1. The zero-order valence-electron chi connectivity index (χ0n) is 39.2. The third-order valence-electron chi connectivity index (χ3n) is 15.1. The number of sulfonamides is 1. The lowest BCUT2D eigenvalue weighted by molar-refractivity contribution is -0.384. The number of aromatic amines is 1. The first-order valence-corrected chi connectivity index (χ1v) is 27.6. The fraction of sp³-hybridized carbons (Fsp3) is 0.500. The number of carbonyl (C=O) groups excluding carboxylic acids is 1. The number of nitro groups is 1. The van der Waals surface area contributed by atoms with Crippen molar-refractivity contribution in [3.63, 3.8) is 0 Å². The van der Waals surface area contributed by atoms with Gasteiger partial charge in [-0.15, -0.1) is 0 Å². The molecule has 1 spiro atoms. The predicted octanol–water partition coefficient (Wildman–Crippen LogP) is 9.40. The summed E-state index contributed by atoms with van der Waals surface area (Å²) in [5, 5.41) is 16.1. The number of hydrogen-bond donors (Lipinski definition) is 3. The van der Waals surface area contributed by atoms with Crippen LogP contribution in [0.4, 0.5) is 17.2 Å². The molecule has 16 nitrogen and oxygen atoms in total. The summed E-state index contributed by atoms with van der Waals surface area (Å²) in [6, 6.07) is 19.7. The number of pyridine rings is 2. The first kappa shape index (κ1) is 47.5. The lowest BCUT2D eigenvalue weighted by Crippen LogP contribution is -2.54. The van der Waals surface area contributed by atoms with Gasteiger partial charge >= 0.3 is 5.69 Å². The SMILES string of the molecule is CCc1ccccc1[C@@H]1CCCN1C1CC2(CCN(c3ccc(C(=O)NS(=O)(=O)c4cnc(NCC5CCC(N=S(=O)(CC)CC)CC5)c([N+](=O)[O-])c4)c(Oc4cnc5[nH]ccc5c4)c3)CC2)C1. The van der Waals surface area contributed by atoms with Crippen molar-refractivity contribution in [3.05, 3.63) is 106 Å². The van der Waals surface area contributed by atoms with Gasteiger partial charge in [-0.25, -0.2) is 31.7 Å². The summed E-state index contributed by atoms with van der Waals surface area (Å²) in [6.07, 6.45) is 15.4. The molecule has 18 heteroatoms. The number of anilines is 2. The van der Waals surface area contributed by atoms with Gasteiger partial charge < -0.3 is 19.9 Å². The number of nitrogens with one attached hydrogen (secondary N) is 3. The van der Waals surface area contributed by atoms with Gasteiger partial charge in [-0.2, -0.15) is 0 Å². The highest BCUT2D eigenvalue weighted by atomic mass is 32.2. The smallest absolute Gasteiger partial charge is 0.312 e. The molecular formula is C50H63N9O7S2. The van der Waals surface area contributed by atoms with Crippen molar-refractivity contribution in [1.82, 2.24) is 24.6 Å². The Labute approximate surface area is 399 Å². The van der Waals surface area contributed by atoms with Gasteiger partial charge in [0.1, 0.15) is 22.0 Å². The first-order valence-electron chi connectivity index (χ1n) is 24.3. The third-order valence-corrected chi connectivity index (χ3v) is 18.9. The normalized spacial score (nSPS) is 21.1. The van der Waals surface area contributed by atoms with E-state index in [4.69, 9.17) is 4.74 Å². The number of likely N-dealkylation sites (tertiary alicyclic amines) is 1. The zero-order valence-corrected chi connectivity index (χ0v) is 40.8. The number of fused-ring (bicyclic) bond motifs is 1. The van der Waals surface area contributed by atoms with Crippen molar-refractivity contribution in [1.29, 1.82) is 0 Å². The number of carbonyl (C=O) groups is 1. The maximum Gasteiger partial charge on any atom is 0.312 e. The highest BCUT2D eigenvalue weighted by molar-refractivity contribution is 7.93. The van der Waals surface area contributed by atoms with E-state index in [-0.39, 0.29) is 29.1 Å². The Morgan fingerprint density at radius 3 is 2.44 bits per heavy atom. The number of rotatable bonds is 16. The molecule has 3 N–H and O–H groups in total. The quantitative estimate of drug-likeness (QED) is 0.0625. The summed E-state index contributed by atoms with van der Waals surface area (Å²) in [5.74, 6) is 0.688. The molecule has 4 fully saturated rings. The zero-order chi connectivity index (χ0) is 47.6. The second kappa shape index (κ2) is 19.8. The van der Waals surface area contributed by atoms with E-state index in [0.29, 0.717) is 46.9 Å². The number of nitrogens with zero attached hydrogens (tertiary/aromatic N) is 6. The van der Waals surface area contributed by atoms with Crippen LogP contribution in [0.15, 0.2) is 88.5 Å². The highest BCUT2D eigenvalue weighted by Gasteiger charge is 2.50. The summed E-state index contributed by atoms with van der Waals surface area (Å²) >= 11 is 0. The molecule has 2 aliphatic heterocycles. The standard InChI is InChI=1S/C50H63N9O7S2/c1-4-35-10-7-8-11-42(35)44-12-9-23-58(44)39-29-50(30-39)20-24-57(25-21-50)38-17-18-43(46(27-38)66-40-26-36-19-22-51-47(36)53-32-40)49(60)56-68(64,65)41-28-45(59(61)62)48(54-33-41)52-31-34-13-15-37(16-14-34)55-67(63,5-2)6-3/h7-8,10-11,17-19,22,26-28,32-34,37,39,44H,4-6,9,12-16,20-21,23-25,29-31H2,1-3H3,(H,51,53)(H,52,54)(H,56,60)/t34?,37?,44-/m0/s1. The van der Waals surface area contributed by atoms with Crippen molar-refractivity contribution < 1.29 is 27.1 Å². The minimum Gasteiger partial charge on any atom is -0.455 e. The molecule has 9 rings (SSSR count). The monoisotopic (exact) mass is 965 g/mol. The Morgan fingerprint density at radius 2 is 1.71 bits per heavy atom. The van der Waals surface area contributed by atoms with Gasteiger partial charge in [-0.3, -0.25) is 19.8 Å². The molecule has 4 aliphatic rings. The van der Waals surface area contributed by atoms with Gasteiger partial charge in [-0.1, -0.05) is 45.0 Å². The minimum absolute atomic E-state index is 0.0315. The fourth-order valence-electron chi connectivity index (χ4n) is 11.1. The van der Waals surface area contributed by atoms with E-state index in [9.17, 15) is 27.5 Å². The van der Waals surface area contributed by atoms with Crippen LogP contribution in [-0.2, 0) is 26.2 Å². The van der Waals surface area contributed by atoms with E-state index in [1.54, 1.807) is 24.4 Å². The Kier molecular flexibility index (Phi) is 13.8. The van der Waals surface area contributed by atoms with Crippen LogP contribution < -0.4 is 19.7 Å². The first-order chi connectivity index (χ1) is 32.8. The van der Waals surface area contributed by atoms with Crippen LogP contribution in [0.1, 0.15) is 113 Å². The topological polar surface area (TPSA) is 205 Å². The highest BCUT2D eigenvalue weighted by Crippen LogP contribution is 2.54. The van der Waals surface area contributed by atoms with E-state index in [2.05, 4.69) is 70.3 Å². The van der Waals surface area contributed by atoms with Crippen LogP contribution >= 0.6 is 0 Å². The second-order valence-corrected chi connectivity index (χ2v) is 23.7. The van der Waals surface area contributed by atoms with Crippen LogP contribution in [0.2, 0.25) is 0 Å². The van der Waals surface area contributed by atoms with Crippen LogP contribution in [0.3, 0.4) is 0 Å². The molecular weight excluding hydrogens is 903 g/mol. The maximum absolute atomic E-state index is 14.0. The molecule has 1 atom stereocenters. The van der Waals surface area contributed by atoms with Gasteiger partial charge in [-0.05, 0) is 124 Å². The van der Waals surface area contributed by atoms with Gasteiger partial charge in [0.05, 0.1) is 28.9 Å². The Morgan fingerprint density at radius 1 is 0.941 bits per heavy atom. The van der Waals surface area contributed by atoms with E-state index < -0.39 is 41.2 Å². The van der Waals surface area contributed by atoms with E-state index in [0.717, 1.165) is 87.9 Å². The van der Waals surface area contributed by atoms with Gasteiger partial charge in [0.2, 0.25) is 5.82 Å². The lowest BCUT2D eigenvalue weighted by atomic mass is 9.59. The van der Waals surface area contributed by atoms with Crippen molar-refractivity contribution >= 4 is 53.9 Å². The van der Waals surface area contributed by atoms with Gasteiger partial charge in [0.15, 0.2) is 0 Å². The molecule has 0 bridgehead atoms. The van der Waals surface area contributed by atoms with E-state index in [1.165, 1.54) is 43.0 Å². The lowest BCUT2D eigenvalue weighted by Gasteiger charge is -2.56. The molecule has 2 aromatic carbocycles. The van der Waals surface area contributed by atoms with Crippen molar-refractivity contribution in [2.45, 2.75) is 114 Å². The molecule has 0 radical (unpaired) electrons. The average molecular weight is 966 g/mol.